The van der Waals surface area contributed by atoms with E-state index in [4.69, 9.17) is 0 Å². The van der Waals surface area contributed by atoms with Crippen LogP contribution >= 0.6 is 0 Å². The van der Waals surface area contributed by atoms with E-state index < -0.39 is 12.7 Å². The van der Waals surface area contributed by atoms with Crippen LogP contribution in [0.5, 0.6) is 0 Å². The number of rotatable bonds is 3. The summed E-state index contributed by atoms with van der Waals surface area (Å²) in [5.74, 6) is 0.354. The molecule has 17 heavy (non-hydrogen) atoms. The summed E-state index contributed by atoms with van der Waals surface area (Å²) in [6.45, 7) is 8.23. The summed E-state index contributed by atoms with van der Waals surface area (Å²) in [5.41, 5.74) is -0.388. The molecule has 0 aromatic rings. The fraction of sp³-hybridized carbons (Fsp3) is 1.00. The molecule has 5 heteroatoms. The number of nitrogens with one attached hydrogen (secondary N) is 1. The monoisotopic (exact) mass is 252 g/mol. The molecule has 1 rings (SSSR count). The summed E-state index contributed by atoms with van der Waals surface area (Å²) in [7, 11) is 0. The number of nitrogens with zero attached hydrogens (tertiary/aromatic N) is 1. The second kappa shape index (κ2) is 5.14. The van der Waals surface area contributed by atoms with Gasteiger partial charge < -0.3 is 5.32 Å². The van der Waals surface area contributed by atoms with Crippen molar-refractivity contribution >= 4 is 0 Å². The Morgan fingerprint density at radius 3 is 2.41 bits per heavy atom. The summed E-state index contributed by atoms with van der Waals surface area (Å²) in [6.07, 6.45) is -3.39. The molecule has 1 aliphatic heterocycles. The van der Waals surface area contributed by atoms with Crippen LogP contribution in [0.15, 0.2) is 0 Å². The lowest BCUT2D eigenvalue weighted by Gasteiger charge is -2.49. The number of hydrogen-bond donors (Lipinski definition) is 1. The van der Waals surface area contributed by atoms with Crippen molar-refractivity contribution in [3.8, 4) is 0 Å². The van der Waals surface area contributed by atoms with Crippen LogP contribution < -0.4 is 5.32 Å². The molecule has 0 bridgehead atoms. The van der Waals surface area contributed by atoms with Crippen LogP contribution in [-0.4, -0.2) is 42.3 Å². The van der Waals surface area contributed by atoms with Gasteiger partial charge in [-0.25, -0.2) is 0 Å². The van der Waals surface area contributed by atoms with E-state index >= 15 is 0 Å². The molecule has 2 unspecified atom stereocenters. The summed E-state index contributed by atoms with van der Waals surface area (Å²) in [5, 5.41) is 3.37. The van der Waals surface area contributed by atoms with Crippen LogP contribution in [0.1, 0.15) is 34.1 Å². The molecular formula is C12H23F3N2. The molecule has 102 valence electrons. The number of piperazine rings is 1. The van der Waals surface area contributed by atoms with Crippen molar-refractivity contribution in [2.24, 2.45) is 5.92 Å². The maximum absolute atomic E-state index is 12.6. The van der Waals surface area contributed by atoms with Crippen molar-refractivity contribution in [3.05, 3.63) is 0 Å². The average molecular weight is 252 g/mol. The van der Waals surface area contributed by atoms with E-state index in [9.17, 15) is 13.2 Å². The first-order valence-electron chi connectivity index (χ1n) is 6.23. The molecule has 0 spiro atoms. The van der Waals surface area contributed by atoms with E-state index in [-0.39, 0.29) is 11.6 Å². The largest absolute Gasteiger partial charge is 0.401 e. The molecule has 1 heterocycles. The fourth-order valence-corrected chi connectivity index (χ4v) is 2.25. The minimum Gasteiger partial charge on any atom is -0.311 e. The van der Waals surface area contributed by atoms with Gasteiger partial charge in [-0.2, -0.15) is 13.2 Å². The Bertz CT molecular complexity index is 253. The van der Waals surface area contributed by atoms with Gasteiger partial charge >= 0.3 is 6.18 Å². The van der Waals surface area contributed by atoms with E-state index in [2.05, 4.69) is 5.32 Å². The third-order valence-corrected chi connectivity index (χ3v) is 3.86. The van der Waals surface area contributed by atoms with Crippen LogP contribution in [0.2, 0.25) is 0 Å². The highest BCUT2D eigenvalue weighted by Crippen LogP contribution is 2.28. The van der Waals surface area contributed by atoms with Crippen molar-refractivity contribution in [1.82, 2.24) is 10.2 Å². The molecule has 1 aliphatic rings. The highest BCUT2D eigenvalue weighted by molar-refractivity contribution is 4.96. The molecule has 2 nitrogen and oxygen atoms in total. The van der Waals surface area contributed by atoms with Crippen molar-refractivity contribution in [3.63, 3.8) is 0 Å². The molecule has 1 fully saturated rings. The van der Waals surface area contributed by atoms with Crippen LogP contribution in [0, 0.1) is 5.92 Å². The van der Waals surface area contributed by atoms with Gasteiger partial charge in [0.15, 0.2) is 0 Å². The van der Waals surface area contributed by atoms with Gasteiger partial charge in [0.05, 0.1) is 6.54 Å². The third kappa shape index (κ3) is 3.85. The molecule has 1 saturated heterocycles. The standard InChI is InChI=1S/C12H23F3N2/c1-5-11(4)7-16-10(9(2)3)6-17(11)8-12(13,14)15/h9-10,16H,5-8H2,1-4H3. The average Bonchev–Trinajstić information content (AvgIpc) is 2.19. The number of alkyl halides is 3. The van der Waals surface area contributed by atoms with Gasteiger partial charge in [0.1, 0.15) is 0 Å². The SMILES string of the molecule is CCC1(C)CNC(C(C)C)CN1CC(F)(F)F. The Balaban J connectivity index is 2.77. The van der Waals surface area contributed by atoms with Crippen molar-refractivity contribution in [1.29, 1.82) is 0 Å². The highest BCUT2D eigenvalue weighted by Gasteiger charge is 2.42. The van der Waals surface area contributed by atoms with E-state index in [0.29, 0.717) is 19.0 Å². The van der Waals surface area contributed by atoms with Gasteiger partial charge in [-0.1, -0.05) is 20.8 Å². The quantitative estimate of drug-likeness (QED) is 0.830. The maximum atomic E-state index is 12.6. The maximum Gasteiger partial charge on any atom is 0.401 e. The summed E-state index contributed by atoms with van der Waals surface area (Å²) >= 11 is 0. The van der Waals surface area contributed by atoms with Crippen molar-refractivity contribution in [2.45, 2.75) is 51.9 Å². The molecule has 0 aromatic heterocycles. The van der Waals surface area contributed by atoms with E-state index in [0.717, 1.165) is 6.42 Å². The van der Waals surface area contributed by atoms with Crippen molar-refractivity contribution < 1.29 is 13.2 Å². The van der Waals surface area contributed by atoms with Crippen LogP contribution in [0.3, 0.4) is 0 Å². The molecule has 0 saturated carbocycles. The minimum atomic E-state index is -4.12. The Morgan fingerprint density at radius 1 is 1.41 bits per heavy atom. The first-order valence-corrected chi connectivity index (χ1v) is 6.23. The van der Waals surface area contributed by atoms with E-state index in [1.165, 1.54) is 0 Å². The lowest BCUT2D eigenvalue weighted by Crippen LogP contribution is -2.65. The van der Waals surface area contributed by atoms with Crippen LogP contribution in [-0.2, 0) is 0 Å². The Hall–Kier alpha value is -0.290. The molecule has 1 N–H and O–H groups in total. The molecule has 0 radical (unpaired) electrons. The predicted molar refractivity (Wildman–Crippen MR) is 63.0 cm³/mol. The zero-order valence-electron chi connectivity index (χ0n) is 11.1. The first-order chi connectivity index (χ1) is 7.68. The summed E-state index contributed by atoms with van der Waals surface area (Å²) in [4.78, 5) is 1.59. The molecule has 0 amide bonds. The Morgan fingerprint density at radius 2 is 2.00 bits per heavy atom. The van der Waals surface area contributed by atoms with Gasteiger partial charge in [-0.3, -0.25) is 4.90 Å². The normalized spacial score (nSPS) is 32.1. The number of hydrogen-bond acceptors (Lipinski definition) is 2. The molecular weight excluding hydrogens is 229 g/mol. The molecule has 2 atom stereocenters. The van der Waals surface area contributed by atoms with Crippen LogP contribution in [0.4, 0.5) is 13.2 Å². The zero-order valence-corrected chi connectivity index (χ0v) is 11.1. The molecule has 0 aromatic carbocycles. The topological polar surface area (TPSA) is 15.3 Å². The lowest BCUT2D eigenvalue weighted by atomic mass is 9.89. The number of halogens is 3. The lowest BCUT2D eigenvalue weighted by molar-refractivity contribution is -0.164. The summed E-state index contributed by atoms with van der Waals surface area (Å²) < 4.78 is 37.8. The Labute approximate surface area is 102 Å². The second-order valence-electron chi connectivity index (χ2n) is 5.58. The van der Waals surface area contributed by atoms with Crippen LogP contribution in [0.25, 0.3) is 0 Å². The Kier molecular flexibility index (Phi) is 4.47. The van der Waals surface area contributed by atoms with Gasteiger partial charge in [-0.15, -0.1) is 0 Å². The first kappa shape index (κ1) is 14.8. The van der Waals surface area contributed by atoms with Gasteiger partial charge in [-0.05, 0) is 19.3 Å². The van der Waals surface area contributed by atoms with Gasteiger partial charge in [0.2, 0.25) is 0 Å². The predicted octanol–water partition coefficient (Wildman–Crippen LogP) is 2.65. The minimum absolute atomic E-state index is 0.150. The van der Waals surface area contributed by atoms with Crippen molar-refractivity contribution in [2.75, 3.05) is 19.6 Å². The second-order valence-corrected chi connectivity index (χ2v) is 5.58. The fourth-order valence-electron chi connectivity index (χ4n) is 2.25. The molecule has 0 aliphatic carbocycles. The third-order valence-electron chi connectivity index (χ3n) is 3.86. The van der Waals surface area contributed by atoms with E-state index in [1.54, 1.807) is 4.90 Å². The van der Waals surface area contributed by atoms with E-state index in [1.807, 2.05) is 27.7 Å². The smallest absolute Gasteiger partial charge is 0.311 e. The van der Waals surface area contributed by atoms with Gasteiger partial charge in [0.25, 0.3) is 0 Å². The summed E-state index contributed by atoms with van der Waals surface area (Å²) in [6, 6.07) is 0.150. The zero-order chi connectivity index (χ0) is 13.3. The highest BCUT2D eigenvalue weighted by atomic mass is 19.4. The van der Waals surface area contributed by atoms with Gasteiger partial charge in [0, 0.05) is 24.7 Å².